The number of methoxy groups -OCH3 is 3. The van der Waals surface area contributed by atoms with Crippen LogP contribution in [0, 0.1) is 6.92 Å². The molecule has 0 fully saturated rings. The van der Waals surface area contributed by atoms with Crippen molar-refractivity contribution in [1.29, 1.82) is 0 Å². The Balaban J connectivity index is 1.30. The molecule has 0 aliphatic carbocycles. The molecule has 2 N–H and O–H groups in total. The lowest BCUT2D eigenvalue weighted by Gasteiger charge is -2.23. The van der Waals surface area contributed by atoms with Gasteiger partial charge in [0, 0.05) is 66.1 Å². The molecule has 0 spiro atoms. The molecule has 0 aliphatic rings. The zero-order valence-corrected chi connectivity index (χ0v) is 31.0. The van der Waals surface area contributed by atoms with E-state index in [0.717, 1.165) is 22.3 Å². The van der Waals surface area contributed by atoms with Gasteiger partial charge in [-0.05, 0) is 97.9 Å². The second-order valence-electron chi connectivity index (χ2n) is 11.8. The highest BCUT2D eigenvalue weighted by atomic mass is 35.5. The first kappa shape index (κ1) is 37.9. The summed E-state index contributed by atoms with van der Waals surface area (Å²) in [6.45, 7) is 2.04. The maximum absolute atomic E-state index is 13.9. The zero-order chi connectivity index (χ0) is 37.4. The lowest BCUT2D eigenvalue weighted by Crippen LogP contribution is -2.37. The number of hydrogen-bond acceptors (Lipinski definition) is 9. The summed E-state index contributed by atoms with van der Waals surface area (Å²) in [5.41, 5.74) is 3.64. The number of anilines is 3. The quantitative estimate of drug-likeness (QED) is 0.121. The SMILES string of the molecule is COc1ccc(N(C)C(=O)c2ccc(NC(=O)CCN(CCNc3cc(C)nc4ccc(Cl)cc34)S(=O)(=O)c3ccc(OC)cc3)c(OC)c2)cc1. The summed E-state index contributed by atoms with van der Waals surface area (Å²) in [5.74, 6) is 0.728. The number of amides is 2. The van der Waals surface area contributed by atoms with E-state index in [1.165, 1.54) is 35.6 Å². The number of sulfonamides is 1. The van der Waals surface area contributed by atoms with Crippen molar-refractivity contribution < 1.29 is 32.2 Å². The molecule has 52 heavy (non-hydrogen) atoms. The lowest BCUT2D eigenvalue weighted by molar-refractivity contribution is -0.116. The van der Waals surface area contributed by atoms with E-state index in [4.69, 9.17) is 25.8 Å². The van der Waals surface area contributed by atoms with E-state index in [0.29, 0.717) is 33.5 Å². The molecule has 272 valence electrons. The van der Waals surface area contributed by atoms with Crippen LogP contribution in [0.5, 0.6) is 17.2 Å². The summed E-state index contributed by atoms with van der Waals surface area (Å²) in [6.07, 6.45) is -0.160. The molecular weight excluding hydrogens is 706 g/mol. The molecule has 4 aromatic carbocycles. The minimum atomic E-state index is -4.02. The van der Waals surface area contributed by atoms with Crippen molar-refractivity contribution in [2.45, 2.75) is 18.2 Å². The van der Waals surface area contributed by atoms with Crippen LogP contribution in [0.3, 0.4) is 0 Å². The van der Waals surface area contributed by atoms with Gasteiger partial charge in [-0.25, -0.2) is 8.42 Å². The van der Waals surface area contributed by atoms with E-state index in [1.807, 2.05) is 19.1 Å². The fourth-order valence-corrected chi connectivity index (χ4v) is 7.14. The van der Waals surface area contributed by atoms with Crippen molar-refractivity contribution in [2.75, 3.05) is 63.5 Å². The van der Waals surface area contributed by atoms with Gasteiger partial charge in [-0.15, -0.1) is 0 Å². The molecule has 0 saturated heterocycles. The number of ether oxygens (including phenoxy) is 3. The zero-order valence-electron chi connectivity index (χ0n) is 29.5. The molecule has 0 atom stereocenters. The first-order chi connectivity index (χ1) is 24.9. The van der Waals surface area contributed by atoms with Crippen molar-refractivity contribution in [3.05, 3.63) is 107 Å². The molecule has 2 amide bonds. The summed E-state index contributed by atoms with van der Waals surface area (Å²) in [4.78, 5) is 32.7. The van der Waals surface area contributed by atoms with Gasteiger partial charge in [-0.3, -0.25) is 14.6 Å². The van der Waals surface area contributed by atoms with E-state index in [2.05, 4.69) is 15.6 Å². The Morgan fingerprint density at radius 3 is 2.13 bits per heavy atom. The number of fused-ring (bicyclic) bond motifs is 1. The Kier molecular flexibility index (Phi) is 12.2. The summed E-state index contributed by atoms with van der Waals surface area (Å²) < 4.78 is 44.9. The molecule has 0 saturated carbocycles. The van der Waals surface area contributed by atoms with Gasteiger partial charge in [0.1, 0.15) is 17.2 Å². The highest BCUT2D eigenvalue weighted by Gasteiger charge is 2.26. The molecule has 5 rings (SSSR count). The van der Waals surface area contributed by atoms with Crippen LogP contribution in [0.1, 0.15) is 22.5 Å². The van der Waals surface area contributed by atoms with Gasteiger partial charge in [0.05, 0.1) is 37.4 Å². The highest BCUT2D eigenvalue weighted by molar-refractivity contribution is 7.89. The van der Waals surface area contributed by atoms with Crippen molar-refractivity contribution in [3.63, 3.8) is 0 Å². The Labute approximate surface area is 308 Å². The van der Waals surface area contributed by atoms with Crippen LogP contribution in [0.15, 0.2) is 95.9 Å². The van der Waals surface area contributed by atoms with Crippen molar-refractivity contribution in [2.24, 2.45) is 0 Å². The highest BCUT2D eigenvalue weighted by Crippen LogP contribution is 2.29. The lowest BCUT2D eigenvalue weighted by atomic mass is 10.1. The second-order valence-corrected chi connectivity index (χ2v) is 14.1. The maximum atomic E-state index is 13.9. The first-order valence-corrected chi connectivity index (χ1v) is 18.1. The van der Waals surface area contributed by atoms with Gasteiger partial charge in [-0.1, -0.05) is 11.6 Å². The summed E-state index contributed by atoms with van der Waals surface area (Å²) in [5, 5.41) is 7.48. The van der Waals surface area contributed by atoms with Crippen LogP contribution in [0.4, 0.5) is 17.1 Å². The molecular formula is C38H40ClN5O7S. The van der Waals surface area contributed by atoms with Crippen molar-refractivity contribution >= 4 is 61.4 Å². The third-order valence-corrected chi connectivity index (χ3v) is 10.5. The number of carbonyl (C=O) groups is 2. The van der Waals surface area contributed by atoms with E-state index >= 15 is 0 Å². The van der Waals surface area contributed by atoms with E-state index in [-0.39, 0.29) is 42.6 Å². The number of halogens is 1. The van der Waals surface area contributed by atoms with Gasteiger partial charge in [0.15, 0.2) is 0 Å². The number of nitrogens with one attached hydrogen (secondary N) is 2. The Morgan fingerprint density at radius 1 is 0.808 bits per heavy atom. The van der Waals surface area contributed by atoms with Crippen LogP contribution < -0.4 is 29.7 Å². The number of pyridine rings is 1. The number of hydrogen-bond donors (Lipinski definition) is 2. The maximum Gasteiger partial charge on any atom is 0.258 e. The minimum absolute atomic E-state index is 0.0485. The van der Waals surface area contributed by atoms with Crippen LogP contribution in [0.2, 0.25) is 5.02 Å². The average molecular weight is 746 g/mol. The molecule has 12 nitrogen and oxygen atoms in total. The molecule has 0 unspecified atom stereocenters. The van der Waals surface area contributed by atoms with Gasteiger partial charge in [0.25, 0.3) is 5.91 Å². The topological polar surface area (TPSA) is 139 Å². The minimum Gasteiger partial charge on any atom is -0.497 e. The molecule has 0 bridgehead atoms. The predicted molar refractivity (Wildman–Crippen MR) is 204 cm³/mol. The standard InChI is InChI=1S/C38H40ClN5O7S/c1-25-22-35(32-24-27(39)7-17-33(32)41-25)40-19-21-44(52(47,48)31-14-12-30(50-4)13-15-31)20-18-37(45)42-34-16-6-26(23-36(34)51-5)38(46)43(2)28-8-10-29(49-3)11-9-28/h6-17,22-24H,18-21H2,1-5H3,(H,40,41)(H,42,45). The van der Waals surface area contributed by atoms with Gasteiger partial charge in [0.2, 0.25) is 15.9 Å². The Morgan fingerprint density at radius 2 is 1.48 bits per heavy atom. The third kappa shape index (κ3) is 8.91. The van der Waals surface area contributed by atoms with E-state index < -0.39 is 15.9 Å². The fraction of sp³-hybridized carbons (Fsp3) is 0.237. The van der Waals surface area contributed by atoms with E-state index in [1.54, 1.807) is 80.9 Å². The number of benzene rings is 4. The van der Waals surface area contributed by atoms with Gasteiger partial charge < -0.3 is 29.7 Å². The fourth-order valence-electron chi connectivity index (χ4n) is 5.52. The van der Waals surface area contributed by atoms with Crippen LogP contribution in [-0.4, -0.2) is 77.5 Å². The Bertz CT molecular complexity index is 2160. The largest absolute Gasteiger partial charge is 0.497 e. The molecule has 1 heterocycles. The number of aryl methyl sites for hydroxylation is 1. The van der Waals surface area contributed by atoms with Gasteiger partial charge in [-0.2, -0.15) is 4.31 Å². The summed E-state index contributed by atoms with van der Waals surface area (Å²) in [6, 6.07) is 25.1. The smallest absolute Gasteiger partial charge is 0.258 e. The number of nitrogens with zero attached hydrogens (tertiary/aromatic N) is 3. The number of aromatic nitrogens is 1. The third-order valence-electron chi connectivity index (χ3n) is 8.35. The van der Waals surface area contributed by atoms with Gasteiger partial charge >= 0.3 is 0 Å². The first-order valence-electron chi connectivity index (χ1n) is 16.3. The molecule has 14 heteroatoms. The number of carbonyl (C=O) groups excluding carboxylic acids is 2. The van der Waals surface area contributed by atoms with Crippen molar-refractivity contribution in [1.82, 2.24) is 9.29 Å². The van der Waals surface area contributed by atoms with E-state index in [9.17, 15) is 18.0 Å². The monoisotopic (exact) mass is 745 g/mol. The summed E-state index contributed by atoms with van der Waals surface area (Å²) in [7, 11) is 2.14. The normalized spacial score (nSPS) is 11.3. The Hall–Kier alpha value is -5.37. The molecule has 1 aromatic heterocycles. The van der Waals surface area contributed by atoms with Crippen LogP contribution in [-0.2, 0) is 14.8 Å². The molecule has 0 radical (unpaired) electrons. The predicted octanol–water partition coefficient (Wildman–Crippen LogP) is 6.63. The van der Waals surface area contributed by atoms with Crippen molar-refractivity contribution in [3.8, 4) is 17.2 Å². The summed E-state index contributed by atoms with van der Waals surface area (Å²) >= 11 is 6.26. The number of rotatable bonds is 15. The van der Waals surface area contributed by atoms with Crippen LogP contribution >= 0.6 is 11.6 Å². The average Bonchev–Trinajstić information content (AvgIpc) is 3.15. The van der Waals surface area contributed by atoms with Crippen LogP contribution in [0.25, 0.3) is 10.9 Å². The molecule has 5 aromatic rings. The molecule has 0 aliphatic heterocycles. The second kappa shape index (κ2) is 16.8.